The molecule has 6 heteroatoms. The highest BCUT2D eigenvalue weighted by Gasteiger charge is 2.11. The highest BCUT2D eigenvalue weighted by Crippen LogP contribution is 2.26. The van der Waals surface area contributed by atoms with Crippen LogP contribution in [-0.2, 0) is 0 Å². The Balaban J connectivity index is 1.62. The van der Waals surface area contributed by atoms with Crippen molar-refractivity contribution in [3.63, 3.8) is 0 Å². The van der Waals surface area contributed by atoms with Crippen LogP contribution in [0.25, 0.3) is 21.9 Å². The normalized spacial score (nSPS) is 11.7. The molecule has 3 rings (SSSR count). The van der Waals surface area contributed by atoms with Crippen molar-refractivity contribution < 1.29 is 13.9 Å². The number of benzene rings is 2. The van der Waals surface area contributed by atoms with Crippen molar-refractivity contribution in [1.82, 2.24) is 9.80 Å². The van der Waals surface area contributed by atoms with Crippen molar-refractivity contribution in [3.05, 3.63) is 46.6 Å². The maximum atomic E-state index is 13.1. The molecule has 0 saturated carbocycles. The lowest BCUT2D eigenvalue weighted by molar-refractivity contribution is 0.234. The first-order valence-corrected chi connectivity index (χ1v) is 14.3. The van der Waals surface area contributed by atoms with Crippen molar-refractivity contribution in [1.29, 1.82) is 0 Å². The Labute approximate surface area is 222 Å². The van der Waals surface area contributed by atoms with E-state index in [1.165, 1.54) is 25.7 Å². The molecule has 37 heavy (non-hydrogen) atoms. The minimum Gasteiger partial charge on any atom is -0.493 e. The van der Waals surface area contributed by atoms with Crippen LogP contribution in [-0.4, -0.2) is 62.3 Å². The maximum Gasteiger partial charge on any atom is 0.200 e. The van der Waals surface area contributed by atoms with Gasteiger partial charge in [0, 0.05) is 25.2 Å². The fourth-order valence-corrected chi connectivity index (χ4v) is 4.88. The van der Waals surface area contributed by atoms with E-state index in [1.54, 1.807) is 12.1 Å². The van der Waals surface area contributed by atoms with E-state index >= 15 is 0 Å². The summed E-state index contributed by atoms with van der Waals surface area (Å²) in [5, 5.41) is 1.13. The fraction of sp³-hybridized carbons (Fsp3) is 0.581. The van der Waals surface area contributed by atoms with Crippen LogP contribution in [0.5, 0.6) is 11.5 Å². The molecule has 1 aromatic heterocycles. The highest BCUT2D eigenvalue weighted by molar-refractivity contribution is 5.90. The standard InChI is InChI=1S/C31H46N2O4/c1-5-15-32(16-6-2)19-9-21-35-25-11-13-27-29(23-25)37-30-24-26(12-14-28(30)31(27)34)36-22-10-20-33(17-7-3)18-8-4/h11-14,23-24H,5-10,15-22H2,1-4H3. The second-order valence-corrected chi connectivity index (χ2v) is 9.83. The Bertz CT molecular complexity index is 1050. The first-order chi connectivity index (χ1) is 18.1. The molecule has 1 heterocycles. The molecule has 0 aliphatic heterocycles. The van der Waals surface area contributed by atoms with Crippen molar-refractivity contribution >= 4 is 21.9 Å². The van der Waals surface area contributed by atoms with Gasteiger partial charge < -0.3 is 23.7 Å². The quantitative estimate of drug-likeness (QED) is 0.140. The Kier molecular flexibility index (Phi) is 12.2. The van der Waals surface area contributed by atoms with E-state index in [2.05, 4.69) is 37.5 Å². The van der Waals surface area contributed by atoms with E-state index in [0.29, 0.717) is 35.2 Å². The average Bonchev–Trinajstić information content (AvgIpc) is 2.89. The van der Waals surface area contributed by atoms with E-state index in [4.69, 9.17) is 13.9 Å². The van der Waals surface area contributed by atoms with E-state index in [0.717, 1.165) is 63.6 Å². The van der Waals surface area contributed by atoms with Gasteiger partial charge in [0.2, 0.25) is 5.43 Å². The zero-order chi connectivity index (χ0) is 26.5. The molecule has 0 N–H and O–H groups in total. The molecule has 0 aliphatic rings. The molecule has 0 atom stereocenters. The third-order valence-corrected chi connectivity index (χ3v) is 6.55. The molecule has 204 valence electrons. The molecule has 0 bridgehead atoms. The number of ether oxygens (including phenoxy) is 2. The second kappa shape index (κ2) is 15.6. The summed E-state index contributed by atoms with van der Waals surface area (Å²) in [5.41, 5.74) is 1.06. The van der Waals surface area contributed by atoms with Crippen molar-refractivity contribution in [2.45, 2.75) is 66.2 Å². The van der Waals surface area contributed by atoms with E-state index in [1.807, 2.05) is 24.3 Å². The third kappa shape index (κ3) is 8.75. The minimum absolute atomic E-state index is 0.0288. The number of nitrogens with zero attached hydrogens (tertiary/aromatic N) is 2. The van der Waals surface area contributed by atoms with E-state index < -0.39 is 0 Å². The zero-order valence-electron chi connectivity index (χ0n) is 23.4. The first kappa shape index (κ1) is 29.0. The van der Waals surface area contributed by atoms with Crippen molar-refractivity contribution in [2.75, 3.05) is 52.5 Å². The molecule has 0 saturated heterocycles. The Morgan fingerprint density at radius 2 is 1.03 bits per heavy atom. The summed E-state index contributed by atoms with van der Waals surface area (Å²) < 4.78 is 18.1. The van der Waals surface area contributed by atoms with Gasteiger partial charge in [-0.2, -0.15) is 0 Å². The molecule has 3 aromatic rings. The van der Waals surface area contributed by atoms with Gasteiger partial charge in [-0.05, 0) is 89.0 Å². The van der Waals surface area contributed by atoms with Crippen LogP contribution in [0, 0.1) is 0 Å². The fourth-order valence-electron chi connectivity index (χ4n) is 4.88. The van der Waals surface area contributed by atoms with Crippen LogP contribution in [0.1, 0.15) is 66.2 Å². The number of hydrogen-bond donors (Lipinski definition) is 0. The van der Waals surface area contributed by atoms with Crippen LogP contribution < -0.4 is 14.9 Å². The average molecular weight is 511 g/mol. The van der Waals surface area contributed by atoms with Crippen LogP contribution in [0.4, 0.5) is 0 Å². The summed E-state index contributed by atoms with van der Waals surface area (Å²) in [5.74, 6) is 1.45. The lowest BCUT2D eigenvalue weighted by atomic mass is 10.1. The van der Waals surface area contributed by atoms with Crippen molar-refractivity contribution in [2.24, 2.45) is 0 Å². The number of rotatable bonds is 18. The lowest BCUT2D eigenvalue weighted by Gasteiger charge is -2.20. The summed E-state index contributed by atoms with van der Waals surface area (Å²) in [7, 11) is 0. The topological polar surface area (TPSA) is 55.1 Å². The van der Waals surface area contributed by atoms with E-state index in [-0.39, 0.29) is 5.43 Å². The van der Waals surface area contributed by atoms with Gasteiger partial charge in [0.25, 0.3) is 0 Å². The van der Waals surface area contributed by atoms with Crippen molar-refractivity contribution in [3.8, 4) is 11.5 Å². The summed E-state index contributed by atoms with van der Waals surface area (Å²) in [6.07, 6.45) is 6.61. The monoisotopic (exact) mass is 510 g/mol. The van der Waals surface area contributed by atoms with Gasteiger partial charge in [-0.3, -0.25) is 4.79 Å². The summed E-state index contributed by atoms with van der Waals surface area (Å²) in [6, 6.07) is 11.0. The number of hydrogen-bond acceptors (Lipinski definition) is 6. The molecular formula is C31H46N2O4. The third-order valence-electron chi connectivity index (χ3n) is 6.55. The minimum atomic E-state index is -0.0288. The molecule has 0 amide bonds. The molecule has 0 aliphatic carbocycles. The Hall–Kier alpha value is -2.57. The molecular weight excluding hydrogens is 464 g/mol. The Morgan fingerprint density at radius 1 is 0.622 bits per heavy atom. The van der Waals surface area contributed by atoms with Crippen LogP contribution in [0.3, 0.4) is 0 Å². The van der Waals surface area contributed by atoms with Gasteiger partial charge in [0.05, 0.1) is 24.0 Å². The zero-order valence-corrected chi connectivity index (χ0v) is 23.4. The summed E-state index contributed by atoms with van der Waals surface area (Å²) in [6.45, 7) is 16.7. The SMILES string of the molecule is CCCN(CCC)CCCOc1ccc2c(=O)c3ccc(OCCCN(CCC)CCC)cc3oc2c1. The highest BCUT2D eigenvalue weighted by atomic mass is 16.5. The summed E-state index contributed by atoms with van der Waals surface area (Å²) in [4.78, 5) is 18.0. The largest absolute Gasteiger partial charge is 0.493 e. The lowest BCUT2D eigenvalue weighted by Crippen LogP contribution is -2.27. The molecule has 0 spiro atoms. The van der Waals surface area contributed by atoms with Gasteiger partial charge in [-0.1, -0.05) is 27.7 Å². The van der Waals surface area contributed by atoms with Crippen LogP contribution in [0.2, 0.25) is 0 Å². The van der Waals surface area contributed by atoms with Gasteiger partial charge in [0.15, 0.2) is 0 Å². The summed E-state index contributed by atoms with van der Waals surface area (Å²) >= 11 is 0. The molecule has 6 nitrogen and oxygen atoms in total. The van der Waals surface area contributed by atoms with E-state index in [9.17, 15) is 4.79 Å². The van der Waals surface area contributed by atoms with Gasteiger partial charge in [-0.25, -0.2) is 0 Å². The molecule has 0 radical (unpaired) electrons. The van der Waals surface area contributed by atoms with Crippen LogP contribution in [0.15, 0.2) is 45.6 Å². The molecule has 2 aromatic carbocycles. The molecule has 0 unspecified atom stereocenters. The number of fused-ring (bicyclic) bond motifs is 2. The van der Waals surface area contributed by atoms with Crippen LogP contribution >= 0.6 is 0 Å². The predicted molar refractivity (Wildman–Crippen MR) is 154 cm³/mol. The van der Waals surface area contributed by atoms with Gasteiger partial charge in [0.1, 0.15) is 22.7 Å². The smallest absolute Gasteiger partial charge is 0.200 e. The van der Waals surface area contributed by atoms with Gasteiger partial charge in [-0.15, -0.1) is 0 Å². The first-order valence-electron chi connectivity index (χ1n) is 14.3. The Morgan fingerprint density at radius 3 is 1.41 bits per heavy atom. The maximum absolute atomic E-state index is 13.1. The second-order valence-electron chi connectivity index (χ2n) is 9.83. The van der Waals surface area contributed by atoms with Gasteiger partial charge >= 0.3 is 0 Å². The molecule has 0 fully saturated rings. The predicted octanol–water partition coefficient (Wildman–Crippen LogP) is 6.73.